The molecule has 1 aromatic rings. The van der Waals surface area contributed by atoms with E-state index in [2.05, 4.69) is 31.0 Å². The smallest absolute Gasteiger partial charge is 0.120 e. The number of rotatable bonds is 5. The van der Waals surface area contributed by atoms with Crippen LogP contribution in [0.2, 0.25) is 0 Å². The lowest BCUT2D eigenvalue weighted by Gasteiger charge is -2.35. The third-order valence-electron chi connectivity index (χ3n) is 3.52. The average Bonchev–Trinajstić information content (AvgIpc) is 2.90. The van der Waals surface area contributed by atoms with Crippen LogP contribution < -0.4 is 5.32 Å². The summed E-state index contributed by atoms with van der Waals surface area (Å²) < 4.78 is 11.2. The van der Waals surface area contributed by atoms with Crippen molar-refractivity contribution in [1.82, 2.24) is 10.2 Å². The summed E-state index contributed by atoms with van der Waals surface area (Å²) in [5.74, 6) is 0.978. The largest absolute Gasteiger partial charge is 0.468 e. The Labute approximate surface area is 109 Å². The highest BCUT2D eigenvalue weighted by molar-refractivity contribution is 5.03. The molecule has 2 rings (SSSR count). The van der Waals surface area contributed by atoms with Gasteiger partial charge >= 0.3 is 0 Å². The van der Waals surface area contributed by atoms with Gasteiger partial charge in [-0.1, -0.05) is 0 Å². The maximum Gasteiger partial charge on any atom is 0.120 e. The Morgan fingerprint density at radius 3 is 2.94 bits per heavy atom. The molecule has 1 aliphatic rings. The van der Waals surface area contributed by atoms with Gasteiger partial charge in [0.2, 0.25) is 0 Å². The molecule has 0 bridgehead atoms. The first-order chi connectivity index (χ1) is 8.66. The van der Waals surface area contributed by atoms with Crippen molar-refractivity contribution >= 4 is 0 Å². The minimum atomic E-state index is 0.234. The molecule has 0 amide bonds. The molecule has 102 valence electrons. The summed E-state index contributed by atoms with van der Waals surface area (Å²) in [5, 5.41) is 3.47. The number of hydrogen-bond donors (Lipinski definition) is 1. The number of ether oxygens (including phenoxy) is 1. The molecule has 2 atom stereocenters. The van der Waals surface area contributed by atoms with Crippen molar-refractivity contribution in [3.05, 3.63) is 24.2 Å². The molecule has 4 nitrogen and oxygen atoms in total. The molecule has 0 aliphatic carbocycles. The van der Waals surface area contributed by atoms with Crippen LogP contribution in [0.25, 0.3) is 0 Å². The molecule has 0 aromatic carbocycles. The van der Waals surface area contributed by atoms with Gasteiger partial charge in [-0.15, -0.1) is 0 Å². The van der Waals surface area contributed by atoms with E-state index in [0.717, 1.165) is 32.0 Å². The van der Waals surface area contributed by atoms with Gasteiger partial charge in [-0.2, -0.15) is 0 Å². The van der Waals surface area contributed by atoms with Crippen molar-refractivity contribution in [2.45, 2.75) is 39.0 Å². The summed E-state index contributed by atoms with van der Waals surface area (Å²) in [4.78, 5) is 2.47. The van der Waals surface area contributed by atoms with Crippen LogP contribution in [0.15, 0.2) is 22.8 Å². The fourth-order valence-electron chi connectivity index (χ4n) is 2.28. The molecule has 0 saturated carbocycles. The molecule has 4 heteroatoms. The Balaban J connectivity index is 1.76. The highest BCUT2D eigenvalue weighted by atomic mass is 16.5. The number of morpholine rings is 1. The monoisotopic (exact) mass is 252 g/mol. The normalized spacial score (nSPS) is 23.4. The zero-order chi connectivity index (χ0) is 13.0. The van der Waals surface area contributed by atoms with Crippen LogP contribution >= 0.6 is 0 Å². The van der Waals surface area contributed by atoms with Crippen LogP contribution in [0.3, 0.4) is 0 Å². The Hall–Kier alpha value is -0.840. The molecular formula is C14H24N2O2. The van der Waals surface area contributed by atoms with Gasteiger partial charge in [-0.25, -0.2) is 0 Å². The maximum atomic E-state index is 5.79. The molecule has 1 saturated heterocycles. The number of nitrogens with zero attached hydrogens (tertiary/aromatic N) is 1. The second-order valence-electron chi connectivity index (χ2n) is 5.23. The Bertz CT molecular complexity index is 338. The first-order valence-electron chi connectivity index (χ1n) is 6.79. The fourth-order valence-corrected chi connectivity index (χ4v) is 2.28. The average molecular weight is 252 g/mol. The summed E-state index contributed by atoms with van der Waals surface area (Å²) in [6.45, 7) is 10.3. The third kappa shape index (κ3) is 3.57. The SMILES string of the molecule is CC(NCC1CN(C(C)C)CCO1)c1ccco1. The van der Waals surface area contributed by atoms with E-state index < -0.39 is 0 Å². The topological polar surface area (TPSA) is 37.6 Å². The van der Waals surface area contributed by atoms with E-state index in [1.165, 1.54) is 0 Å². The van der Waals surface area contributed by atoms with E-state index in [4.69, 9.17) is 9.15 Å². The van der Waals surface area contributed by atoms with Crippen molar-refractivity contribution in [3.63, 3.8) is 0 Å². The first kappa shape index (κ1) is 13.6. The van der Waals surface area contributed by atoms with Gasteiger partial charge in [-0.3, -0.25) is 4.90 Å². The zero-order valence-corrected chi connectivity index (χ0v) is 11.6. The molecule has 0 radical (unpaired) electrons. The molecule has 2 heterocycles. The van der Waals surface area contributed by atoms with Gasteiger partial charge in [0, 0.05) is 25.7 Å². The van der Waals surface area contributed by atoms with E-state index in [1.807, 2.05) is 12.1 Å². The highest BCUT2D eigenvalue weighted by Gasteiger charge is 2.22. The highest BCUT2D eigenvalue weighted by Crippen LogP contribution is 2.13. The van der Waals surface area contributed by atoms with Crippen LogP contribution in [0.1, 0.15) is 32.6 Å². The first-order valence-corrected chi connectivity index (χ1v) is 6.79. The van der Waals surface area contributed by atoms with Gasteiger partial charge in [-0.05, 0) is 32.9 Å². The molecule has 1 N–H and O–H groups in total. The molecule has 1 aliphatic heterocycles. The van der Waals surface area contributed by atoms with Gasteiger partial charge in [0.15, 0.2) is 0 Å². The van der Waals surface area contributed by atoms with Crippen LogP contribution in [-0.4, -0.2) is 43.3 Å². The van der Waals surface area contributed by atoms with Gasteiger partial charge in [0.1, 0.15) is 5.76 Å². The lowest BCUT2D eigenvalue weighted by atomic mass is 10.2. The second-order valence-corrected chi connectivity index (χ2v) is 5.23. The van der Waals surface area contributed by atoms with Crippen LogP contribution in [-0.2, 0) is 4.74 Å². The van der Waals surface area contributed by atoms with Crippen molar-refractivity contribution in [3.8, 4) is 0 Å². The summed E-state index contributed by atoms with van der Waals surface area (Å²) >= 11 is 0. The molecule has 1 fully saturated rings. The van der Waals surface area contributed by atoms with Crippen LogP contribution in [0.4, 0.5) is 0 Å². The van der Waals surface area contributed by atoms with E-state index in [0.29, 0.717) is 6.04 Å². The van der Waals surface area contributed by atoms with Crippen molar-refractivity contribution in [1.29, 1.82) is 0 Å². The van der Waals surface area contributed by atoms with Crippen LogP contribution in [0, 0.1) is 0 Å². The molecular weight excluding hydrogens is 228 g/mol. The van der Waals surface area contributed by atoms with Crippen LogP contribution in [0.5, 0.6) is 0 Å². The van der Waals surface area contributed by atoms with Crippen molar-refractivity contribution in [2.24, 2.45) is 0 Å². The standard InChI is InChI=1S/C14H24N2O2/c1-11(2)16-6-8-17-13(10-16)9-15-12(3)14-5-4-7-18-14/h4-5,7,11-13,15H,6,8-10H2,1-3H3. The lowest BCUT2D eigenvalue weighted by Crippen LogP contribution is -2.49. The minimum absolute atomic E-state index is 0.234. The Kier molecular flexibility index (Phi) is 4.80. The molecule has 2 unspecified atom stereocenters. The molecule has 1 aromatic heterocycles. The zero-order valence-electron chi connectivity index (χ0n) is 11.6. The maximum absolute atomic E-state index is 5.79. The van der Waals surface area contributed by atoms with E-state index in [9.17, 15) is 0 Å². The molecule has 18 heavy (non-hydrogen) atoms. The quantitative estimate of drug-likeness (QED) is 0.870. The Morgan fingerprint density at radius 2 is 2.28 bits per heavy atom. The number of furan rings is 1. The minimum Gasteiger partial charge on any atom is -0.468 e. The predicted octanol–water partition coefficient (Wildman–Crippen LogP) is 2.04. The summed E-state index contributed by atoms with van der Waals surface area (Å²) in [6.07, 6.45) is 1.99. The summed E-state index contributed by atoms with van der Waals surface area (Å²) in [6, 6.07) is 4.75. The van der Waals surface area contributed by atoms with Gasteiger partial charge < -0.3 is 14.5 Å². The van der Waals surface area contributed by atoms with Gasteiger partial charge in [0.05, 0.1) is 25.0 Å². The lowest BCUT2D eigenvalue weighted by molar-refractivity contribution is -0.0381. The van der Waals surface area contributed by atoms with Gasteiger partial charge in [0.25, 0.3) is 0 Å². The second kappa shape index (κ2) is 6.36. The molecule has 0 spiro atoms. The fraction of sp³-hybridized carbons (Fsp3) is 0.714. The third-order valence-corrected chi connectivity index (χ3v) is 3.52. The van der Waals surface area contributed by atoms with Crippen molar-refractivity contribution in [2.75, 3.05) is 26.2 Å². The predicted molar refractivity (Wildman–Crippen MR) is 71.6 cm³/mol. The van der Waals surface area contributed by atoms with E-state index in [-0.39, 0.29) is 12.1 Å². The van der Waals surface area contributed by atoms with E-state index >= 15 is 0 Å². The number of nitrogens with one attached hydrogen (secondary N) is 1. The summed E-state index contributed by atoms with van der Waals surface area (Å²) in [7, 11) is 0. The Morgan fingerprint density at radius 1 is 1.44 bits per heavy atom. The van der Waals surface area contributed by atoms with E-state index in [1.54, 1.807) is 6.26 Å². The summed E-state index contributed by atoms with van der Waals surface area (Å²) in [5.41, 5.74) is 0. The number of hydrogen-bond acceptors (Lipinski definition) is 4. The van der Waals surface area contributed by atoms with Crippen molar-refractivity contribution < 1.29 is 9.15 Å².